The summed E-state index contributed by atoms with van der Waals surface area (Å²) in [6.07, 6.45) is 1.43. The van der Waals surface area contributed by atoms with Crippen LogP contribution in [0.4, 0.5) is 11.4 Å². The molecule has 1 aliphatic heterocycles. The highest BCUT2D eigenvalue weighted by Gasteiger charge is 2.43. The molecule has 2 heterocycles. The number of nitrogens with one attached hydrogen (secondary N) is 1. The van der Waals surface area contributed by atoms with Crippen molar-refractivity contribution in [1.82, 2.24) is 20.2 Å². The second-order valence-electron chi connectivity index (χ2n) is 7.14. The zero-order chi connectivity index (χ0) is 21.3. The lowest BCUT2D eigenvalue weighted by molar-refractivity contribution is -0.128. The van der Waals surface area contributed by atoms with E-state index in [1.807, 2.05) is 0 Å². The fourth-order valence-corrected chi connectivity index (χ4v) is 3.20. The monoisotopic (exact) mass is 406 g/mol. The molecule has 4 rings (SSSR count). The Morgan fingerprint density at radius 2 is 1.83 bits per heavy atom. The molecule has 30 heavy (non-hydrogen) atoms. The minimum Gasteiger partial charge on any atom is -0.452 e. The fraction of sp³-hybridized carbons (Fsp3) is 0.200. The molecule has 2 amide bonds. The third-order valence-corrected chi connectivity index (χ3v) is 4.80. The highest BCUT2D eigenvalue weighted by Crippen LogP contribution is 2.36. The average Bonchev–Trinajstić information content (AvgIpc) is 3.27. The number of fused-ring (bicyclic) bond motifs is 1. The molecule has 0 aliphatic carbocycles. The number of ether oxygens (including phenoxy) is 1. The maximum Gasteiger partial charge on any atom is 0.338 e. The summed E-state index contributed by atoms with van der Waals surface area (Å²) in [7, 11) is 0. The number of amides is 2. The number of para-hydroxylation sites is 2. The molecule has 2 aromatic carbocycles. The second-order valence-corrected chi connectivity index (χ2v) is 7.14. The summed E-state index contributed by atoms with van der Waals surface area (Å²) in [6.45, 7) is 2.77. The number of anilines is 2. The van der Waals surface area contributed by atoms with Crippen LogP contribution in [0.5, 0.6) is 0 Å². The van der Waals surface area contributed by atoms with Gasteiger partial charge in [0, 0.05) is 0 Å². The predicted molar refractivity (Wildman–Crippen MR) is 106 cm³/mol. The molecular weight excluding hydrogens is 388 g/mol. The summed E-state index contributed by atoms with van der Waals surface area (Å²) in [6, 6.07) is 13.4. The second kappa shape index (κ2) is 7.39. The first kappa shape index (κ1) is 19.2. The summed E-state index contributed by atoms with van der Waals surface area (Å²) < 4.78 is 6.65. The first-order chi connectivity index (χ1) is 14.4. The van der Waals surface area contributed by atoms with E-state index in [4.69, 9.17) is 4.74 Å². The molecular formula is C20H18N6O4. The Kier molecular flexibility index (Phi) is 4.74. The van der Waals surface area contributed by atoms with E-state index in [0.717, 1.165) is 0 Å². The van der Waals surface area contributed by atoms with E-state index in [-0.39, 0.29) is 11.5 Å². The minimum absolute atomic E-state index is 0.274. The topological polar surface area (TPSA) is 119 Å². The highest BCUT2D eigenvalue weighted by molar-refractivity contribution is 6.14. The molecule has 1 aliphatic rings. The Morgan fingerprint density at radius 3 is 2.53 bits per heavy atom. The van der Waals surface area contributed by atoms with Gasteiger partial charge in [0.1, 0.15) is 11.9 Å². The van der Waals surface area contributed by atoms with Gasteiger partial charge in [-0.05, 0) is 60.7 Å². The largest absolute Gasteiger partial charge is 0.452 e. The molecule has 1 aromatic heterocycles. The van der Waals surface area contributed by atoms with Crippen molar-refractivity contribution in [2.24, 2.45) is 0 Å². The molecule has 152 valence electrons. The quantitative estimate of drug-likeness (QED) is 0.653. The smallest absolute Gasteiger partial charge is 0.338 e. The number of nitrogens with zero attached hydrogens (tertiary/aromatic N) is 5. The van der Waals surface area contributed by atoms with Gasteiger partial charge in [-0.2, -0.15) is 0 Å². The van der Waals surface area contributed by atoms with Gasteiger partial charge in [0.15, 0.2) is 6.61 Å². The van der Waals surface area contributed by atoms with Crippen molar-refractivity contribution < 1.29 is 19.1 Å². The van der Waals surface area contributed by atoms with Crippen LogP contribution in [-0.2, 0) is 14.3 Å². The van der Waals surface area contributed by atoms with Crippen molar-refractivity contribution in [1.29, 1.82) is 0 Å². The number of hydrogen-bond acceptors (Lipinski definition) is 7. The van der Waals surface area contributed by atoms with E-state index >= 15 is 0 Å². The van der Waals surface area contributed by atoms with Gasteiger partial charge in [-0.15, -0.1) is 5.10 Å². The van der Waals surface area contributed by atoms with Crippen LogP contribution in [0.15, 0.2) is 54.9 Å². The van der Waals surface area contributed by atoms with Gasteiger partial charge in [-0.25, -0.2) is 9.48 Å². The summed E-state index contributed by atoms with van der Waals surface area (Å²) in [4.78, 5) is 39.1. The van der Waals surface area contributed by atoms with E-state index in [2.05, 4.69) is 20.8 Å². The van der Waals surface area contributed by atoms with E-state index in [9.17, 15) is 14.4 Å². The van der Waals surface area contributed by atoms with Crippen LogP contribution in [-0.4, -0.2) is 50.1 Å². The Bertz CT molecular complexity index is 1110. The summed E-state index contributed by atoms with van der Waals surface area (Å²) in [5, 5.41) is 13.7. The van der Waals surface area contributed by atoms with Crippen LogP contribution in [0.25, 0.3) is 5.69 Å². The number of rotatable bonds is 4. The predicted octanol–water partition coefficient (Wildman–Crippen LogP) is 1.58. The molecule has 0 radical (unpaired) electrons. The molecule has 0 spiro atoms. The van der Waals surface area contributed by atoms with Gasteiger partial charge in [-0.3, -0.25) is 14.5 Å². The SMILES string of the molecule is CC1(C)C(=O)Nc2ccccc2N1C(=O)COC(=O)c1ccc(-n2cnnn2)cc1. The highest BCUT2D eigenvalue weighted by atomic mass is 16.5. The maximum absolute atomic E-state index is 12.9. The van der Waals surface area contributed by atoms with Crippen molar-refractivity contribution >= 4 is 29.2 Å². The van der Waals surface area contributed by atoms with Crippen LogP contribution in [0, 0.1) is 0 Å². The zero-order valence-corrected chi connectivity index (χ0v) is 16.3. The minimum atomic E-state index is -1.13. The van der Waals surface area contributed by atoms with Crippen molar-refractivity contribution in [2.45, 2.75) is 19.4 Å². The number of tetrazole rings is 1. The maximum atomic E-state index is 12.9. The normalized spacial score (nSPS) is 14.6. The molecule has 10 nitrogen and oxygen atoms in total. The lowest BCUT2D eigenvalue weighted by Crippen LogP contribution is -2.59. The van der Waals surface area contributed by atoms with Crippen molar-refractivity contribution in [2.75, 3.05) is 16.8 Å². The third-order valence-electron chi connectivity index (χ3n) is 4.80. The van der Waals surface area contributed by atoms with Crippen molar-refractivity contribution in [3.63, 3.8) is 0 Å². The number of carbonyl (C=O) groups is 3. The molecule has 10 heteroatoms. The molecule has 0 bridgehead atoms. The van der Waals surface area contributed by atoms with E-state index in [1.54, 1.807) is 62.4 Å². The molecule has 0 saturated heterocycles. The lowest BCUT2D eigenvalue weighted by Gasteiger charge is -2.41. The van der Waals surface area contributed by atoms with E-state index in [1.165, 1.54) is 15.9 Å². The standard InChI is InChI=1S/C20H18N6O4/c1-20(2)19(29)22-15-5-3-4-6-16(15)26(20)17(27)11-30-18(28)13-7-9-14(10-8-13)25-12-21-23-24-25/h3-10,12H,11H2,1-2H3,(H,22,29). The summed E-state index contributed by atoms with van der Waals surface area (Å²) in [5.41, 5.74) is 0.889. The van der Waals surface area contributed by atoms with Crippen LogP contribution < -0.4 is 10.2 Å². The first-order valence-corrected chi connectivity index (χ1v) is 9.12. The number of benzene rings is 2. The number of carbonyl (C=O) groups excluding carboxylic acids is 3. The zero-order valence-electron chi connectivity index (χ0n) is 16.3. The number of hydrogen-bond donors (Lipinski definition) is 1. The molecule has 0 saturated carbocycles. The van der Waals surface area contributed by atoms with Crippen molar-refractivity contribution in [3.05, 3.63) is 60.4 Å². The van der Waals surface area contributed by atoms with Gasteiger partial charge < -0.3 is 10.1 Å². The molecule has 0 atom stereocenters. The Balaban J connectivity index is 1.47. The van der Waals surface area contributed by atoms with Crippen LogP contribution >= 0.6 is 0 Å². The van der Waals surface area contributed by atoms with E-state index in [0.29, 0.717) is 17.1 Å². The van der Waals surface area contributed by atoms with Gasteiger partial charge in [0.2, 0.25) is 5.91 Å². The van der Waals surface area contributed by atoms with Gasteiger partial charge in [0.25, 0.3) is 5.91 Å². The van der Waals surface area contributed by atoms with Gasteiger partial charge in [0.05, 0.1) is 22.6 Å². The number of esters is 1. The van der Waals surface area contributed by atoms with E-state index < -0.39 is 24.0 Å². The average molecular weight is 406 g/mol. The fourth-order valence-electron chi connectivity index (χ4n) is 3.20. The number of aromatic nitrogens is 4. The van der Waals surface area contributed by atoms with Crippen molar-refractivity contribution in [3.8, 4) is 5.69 Å². The van der Waals surface area contributed by atoms with Crippen LogP contribution in [0.3, 0.4) is 0 Å². The van der Waals surface area contributed by atoms with Crippen LogP contribution in [0.1, 0.15) is 24.2 Å². The Morgan fingerprint density at radius 1 is 1.10 bits per heavy atom. The molecule has 0 fully saturated rings. The molecule has 1 N–H and O–H groups in total. The molecule has 3 aromatic rings. The summed E-state index contributed by atoms with van der Waals surface area (Å²) >= 11 is 0. The van der Waals surface area contributed by atoms with Gasteiger partial charge in [-0.1, -0.05) is 12.1 Å². The third kappa shape index (κ3) is 3.39. The molecule has 0 unspecified atom stereocenters. The van der Waals surface area contributed by atoms with Crippen LogP contribution in [0.2, 0.25) is 0 Å². The Labute approximate surface area is 171 Å². The lowest BCUT2D eigenvalue weighted by atomic mass is 9.96. The Hall–Kier alpha value is -4.08. The first-order valence-electron chi connectivity index (χ1n) is 9.12. The summed E-state index contributed by atoms with van der Waals surface area (Å²) in [5.74, 6) is -1.47. The van der Waals surface area contributed by atoms with Gasteiger partial charge >= 0.3 is 5.97 Å².